The minimum atomic E-state index is -0.615. The number of aryl methyl sites for hydroxylation is 1. The second-order valence-electron chi connectivity index (χ2n) is 3.40. The first-order valence-corrected chi connectivity index (χ1v) is 5.38. The van der Waals surface area contributed by atoms with Gasteiger partial charge in [-0.3, -0.25) is 4.68 Å². The van der Waals surface area contributed by atoms with Gasteiger partial charge in [-0.2, -0.15) is 5.10 Å². The third-order valence-electron chi connectivity index (χ3n) is 2.20. The molecule has 2 rings (SSSR count). The molecule has 0 saturated carbocycles. The van der Waals surface area contributed by atoms with Gasteiger partial charge in [-0.15, -0.1) is 0 Å². The molecule has 0 aliphatic heterocycles. The maximum absolute atomic E-state index is 10.1. The molecule has 1 unspecified atom stereocenters. The highest BCUT2D eigenvalue weighted by molar-refractivity contribution is 9.10. The van der Waals surface area contributed by atoms with Gasteiger partial charge in [0.25, 0.3) is 0 Å². The highest BCUT2D eigenvalue weighted by Crippen LogP contribution is 2.23. The molecule has 0 bridgehead atoms. The molecule has 0 amide bonds. The van der Waals surface area contributed by atoms with Crippen LogP contribution in [0.1, 0.15) is 17.2 Å². The zero-order valence-corrected chi connectivity index (χ0v) is 9.85. The van der Waals surface area contributed by atoms with Crippen molar-refractivity contribution in [2.24, 2.45) is 7.05 Å². The van der Waals surface area contributed by atoms with E-state index in [1.165, 1.54) is 0 Å². The molecule has 4 heteroatoms. The second kappa shape index (κ2) is 4.16. The van der Waals surface area contributed by atoms with Crippen molar-refractivity contribution in [3.8, 4) is 0 Å². The van der Waals surface area contributed by atoms with Gasteiger partial charge < -0.3 is 5.11 Å². The van der Waals surface area contributed by atoms with E-state index in [2.05, 4.69) is 21.0 Å². The Kier molecular flexibility index (Phi) is 2.88. The van der Waals surface area contributed by atoms with Crippen LogP contribution in [-0.2, 0) is 7.05 Å². The molecule has 0 spiro atoms. The summed E-state index contributed by atoms with van der Waals surface area (Å²) < 4.78 is 2.64. The number of nitrogens with zero attached hydrogens (tertiary/aromatic N) is 2. The fraction of sp³-hybridized carbons (Fsp3) is 0.182. The molecule has 0 fully saturated rings. The number of hydrogen-bond donors (Lipinski definition) is 1. The van der Waals surface area contributed by atoms with Crippen LogP contribution >= 0.6 is 15.9 Å². The van der Waals surface area contributed by atoms with Crippen LogP contribution in [0.3, 0.4) is 0 Å². The lowest BCUT2D eigenvalue weighted by molar-refractivity contribution is 0.220. The lowest BCUT2D eigenvalue weighted by Gasteiger charge is -2.08. The van der Waals surface area contributed by atoms with Crippen molar-refractivity contribution in [2.45, 2.75) is 6.10 Å². The van der Waals surface area contributed by atoms with Gasteiger partial charge in [0.15, 0.2) is 0 Å². The predicted octanol–water partition coefficient (Wildman–Crippen LogP) is 2.26. The molecule has 0 saturated heterocycles. The number of benzene rings is 1. The Morgan fingerprint density at radius 2 is 2.20 bits per heavy atom. The minimum absolute atomic E-state index is 0.615. The third kappa shape index (κ3) is 2.27. The van der Waals surface area contributed by atoms with Crippen LogP contribution in [0.25, 0.3) is 0 Å². The highest BCUT2D eigenvalue weighted by atomic mass is 79.9. The van der Waals surface area contributed by atoms with Crippen molar-refractivity contribution in [3.63, 3.8) is 0 Å². The van der Waals surface area contributed by atoms with Crippen LogP contribution in [-0.4, -0.2) is 14.9 Å². The smallest absolute Gasteiger partial charge is 0.107 e. The number of rotatable bonds is 2. The summed E-state index contributed by atoms with van der Waals surface area (Å²) in [6, 6.07) is 7.62. The van der Waals surface area contributed by atoms with E-state index in [1.54, 1.807) is 10.9 Å². The van der Waals surface area contributed by atoms with Crippen LogP contribution in [0, 0.1) is 0 Å². The molecule has 1 atom stereocenters. The van der Waals surface area contributed by atoms with Crippen molar-refractivity contribution >= 4 is 15.9 Å². The largest absolute Gasteiger partial charge is 0.384 e. The van der Waals surface area contributed by atoms with Gasteiger partial charge in [0, 0.05) is 23.3 Å². The number of aromatic nitrogens is 2. The maximum atomic E-state index is 10.1. The Balaban J connectivity index is 2.32. The van der Waals surface area contributed by atoms with E-state index in [4.69, 9.17) is 0 Å². The van der Waals surface area contributed by atoms with Gasteiger partial charge in [-0.25, -0.2) is 0 Å². The summed E-state index contributed by atoms with van der Waals surface area (Å²) in [6.07, 6.45) is 2.87. The van der Waals surface area contributed by atoms with E-state index >= 15 is 0 Å². The van der Waals surface area contributed by atoms with Crippen LogP contribution < -0.4 is 0 Å². The molecule has 78 valence electrons. The molecular formula is C11H11BrN2O. The molecule has 0 aliphatic carbocycles. The minimum Gasteiger partial charge on any atom is -0.384 e. The van der Waals surface area contributed by atoms with Crippen molar-refractivity contribution in [2.75, 3.05) is 0 Å². The van der Waals surface area contributed by atoms with E-state index < -0.39 is 6.10 Å². The van der Waals surface area contributed by atoms with Crippen LogP contribution in [0.5, 0.6) is 0 Å². The lowest BCUT2D eigenvalue weighted by Crippen LogP contribution is -1.98. The fourth-order valence-electron chi connectivity index (χ4n) is 1.45. The lowest BCUT2D eigenvalue weighted by atomic mass is 10.1. The first kappa shape index (κ1) is 10.4. The van der Waals surface area contributed by atoms with E-state index in [-0.39, 0.29) is 0 Å². The molecule has 15 heavy (non-hydrogen) atoms. The van der Waals surface area contributed by atoms with E-state index in [9.17, 15) is 5.11 Å². The first-order chi connectivity index (χ1) is 7.16. The summed E-state index contributed by atoms with van der Waals surface area (Å²) >= 11 is 3.38. The average Bonchev–Trinajstić information content (AvgIpc) is 2.64. The monoisotopic (exact) mass is 266 g/mol. The van der Waals surface area contributed by atoms with E-state index in [0.717, 1.165) is 15.6 Å². The normalized spacial score (nSPS) is 12.7. The summed E-state index contributed by atoms with van der Waals surface area (Å²) in [5.41, 5.74) is 1.66. The molecule has 1 N–H and O–H groups in total. The summed E-state index contributed by atoms with van der Waals surface area (Å²) in [4.78, 5) is 0. The Hall–Kier alpha value is -1.13. The molecule has 3 nitrogen and oxygen atoms in total. The van der Waals surface area contributed by atoms with E-state index in [0.29, 0.717) is 0 Å². The van der Waals surface area contributed by atoms with E-state index in [1.807, 2.05) is 37.5 Å². The summed E-state index contributed by atoms with van der Waals surface area (Å²) in [5, 5.41) is 14.1. The number of halogens is 1. The number of hydrogen-bond acceptors (Lipinski definition) is 2. The molecule has 1 aromatic carbocycles. The third-order valence-corrected chi connectivity index (χ3v) is 2.70. The summed E-state index contributed by atoms with van der Waals surface area (Å²) in [5.74, 6) is 0. The second-order valence-corrected chi connectivity index (χ2v) is 4.32. The van der Waals surface area contributed by atoms with Gasteiger partial charge in [0.1, 0.15) is 6.10 Å². The molecule has 0 aliphatic rings. The Morgan fingerprint density at radius 1 is 1.40 bits per heavy atom. The quantitative estimate of drug-likeness (QED) is 0.906. The summed E-state index contributed by atoms with van der Waals surface area (Å²) in [7, 11) is 1.83. The van der Waals surface area contributed by atoms with Gasteiger partial charge in [-0.05, 0) is 17.7 Å². The highest BCUT2D eigenvalue weighted by Gasteiger charge is 2.11. The molecule has 1 heterocycles. The van der Waals surface area contributed by atoms with Crippen LogP contribution in [0.4, 0.5) is 0 Å². The zero-order valence-electron chi connectivity index (χ0n) is 8.26. The molecular weight excluding hydrogens is 256 g/mol. The standard InChI is InChI=1S/C11H11BrN2O/c1-14-7-9(6-13-14)11(15)8-3-2-4-10(12)5-8/h2-7,11,15H,1H3. The van der Waals surface area contributed by atoms with Crippen molar-refractivity contribution in [1.29, 1.82) is 0 Å². The van der Waals surface area contributed by atoms with Crippen LogP contribution in [0.2, 0.25) is 0 Å². The van der Waals surface area contributed by atoms with Crippen molar-refractivity contribution < 1.29 is 5.11 Å². The number of aliphatic hydroxyl groups is 1. The summed E-state index contributed by atoms with van der Waals surface area (Å²) in [6.45, 7) is 0. The Labute approximate surface area is 96.5 Å². The molecule has 2 aromatic rings. The average molecular weight is 267 g/mol. The van der Waals surface area contributed by atoms with Crippen molar-refractivity contribution in [3.05, 3.63) is 52.3 Å². The Bertz CT molecular complexity index is 467. The first-order valence-electron chi connectivity index (χ1n) is 4.59. The number of aliphatic hydroxyl groups excluding tert-OH is 1. The fourth-order valence-corrected chi connectivity index (χ4v) is 1.87. The van der Waals surface area contributed by atoms with Gasteiger partial charge >= 0.3 is 0 Å². The zero-order chi connectivity index (χ0) is 10.8. The SMILES string of the molecule is Cn1cc(C(O)c2cccc(Br)c2)cn1. The molecule has 0 radical (unpaired) electrons. The molecule has 1 aromatic heterocycles. The van der Waals surface area contributed by atoms with Gasteiger partial charge in [0.2, 0.25) is 0 Å². The van der Waals surface area contributed by atoms with Gasteiger partial charge in [0.05, 0.1) is 6.20 Å². The Morgan fingerprint density at radius 3 is 2.80 bits per heavy atom. The van der Waals surface area contributed by atoms with Gasteiger partial charge in [-0.1, -0.05) is 28.1 Å². The van der Waals surface area contributed by atoms with Crippen molar-refractivity contribution in [1.82, 2.24) is 9.78 Å². The topological polar surface area (TPSA) is 38.0 Å². The van der Waals surface area contributed by atoms with Crippen LogP contribution in [0.15, 0.2) is 41.1 Å². The predicted molar refractivity (Wildman–Crippen MR) is 61.4 cm³/mol. The maximum Gasteiger partial charge on any atom is 0.107 e.